The maximum absolute atomic E-state index is 11.6. The maximum Gasteiger partial charge on any atom is 0.303 e. The SMILES string of the molecule is COc1ccc2nccc([C@H](N)CC[C@@H]3CCN(CCSc4ccccn4)C[C@@H]3CC(=O)O)c2c1. The van der Waals surface area contributed by atoms with Gasteiger partial charge in [0.15, 0.2) is 0 Å². The number of nitrogens with two attached hydrogens (primary N) is 1. The second-order valence-corrected chi connectivity index (χ2v) is 10.3. The zero-order valence-electron chi connectivity index (χ0n) is 20.2. The van der Waals surface area contributed by atoms with E-state index in [2.05, 4.69) is 14.9 Å². The van der Waals surface area contributed by atoms with E-state index < -0.39 is 5.97 Å². The lowest BCUT2D eigenvalue weighted by Crippen LogP contribution is -2.42. The summed E-state index contributed by atoms with van der Waals surface area (Å²) < 4.78 is 5.39. The van der Waals surface area contributed by atoms with Gasteiger partial charge in [0.05, 0.1) is 17.7 Å². The zero-order chi connectivity index (χ0) is 24.6. The topological polar surface area (TPSA) is 102 Å². The van der Waals surface area contributed by atoms with Crippen molar-refractivity contribution >= 4 is 28.6 Å². The first-order valence-electron chi connectivity index (χ1n) is 12.2. The number of carboxylic acid groups (broad SMARTS) is 1. The average molecular weight is 495 g/mol. The van der Waals surface area contributed by atoms with Crippen molar-refractivity contribution in [1.29, 1.82) is 0 Å². The minimum Gasteiger partial charge on any atom is -0.497 e. The number of hydrogen-bond acceptors (Lipinski definition) is 7. The second-order valence-electron chi connectivity index (χ2n) is 9.19. The molecule has 0 amide bonds. The smallest absolute Gasteiger partial charge is 0.303 e. The van der Waals surface area contributed by atoms with Crippen molar-refractivity contribution < 1.29 is 14.6 Å². The maximum atomic E-state index is 11.6. The number of rotatable bonds is 11. The molecule has 1 fully saturated rings. The normalized spacial score (nSPS) is 19.5. The Kier molecular flexibility index (Phi) is 8.95. The fourth-order valence-electron chi connectivity index (χ4n) is 5.05. The number of methoxy groups -OCH3 is 1. The Bertz CT molecular complexity index is 1110. The Morgan fingerprint density at radius 1 is 1.23 bits per heavy atom. The molecule has 3 heterocycles. The van der Waals surface area contributed by atoms with Crippen LogP contribution in [0.15, 0.2) is 59.9 Å². The van der Waals surface area contributed by atoms with Gasteiger partial charge in [0.1, 0.15) is 5.75 Å². The number of carboxylic acids is 1. The van der Waals surface area contributed by atoms with Crippen molar-refractivity contribution in [3.05, 3.63) is 60.4 Å². The highest BCUT2D eigenvalue weighted by atomic mass is 32.2. The third-order valence-electron chi connectivity index (χ3n) is 6.94. The molecular weight excluding hydrogens is 460 g/mol. The highest BCUT2D eigenvalue weighted by Crippen LogP contribution is 2.34. The number of pyridine rings is 2. The Balaban J connectivity index is 1.35. The summed E-state index contributed by atoms with van der Waals surface area (Å²) in [4.78, 5) is 22.8. The molecule has 0 saturated carbocycles. The van der Waals surface area contributed by atoms with Gasteiger partial charge in [-0.2, -0.15) is 0 Å². The van der Waals surface area contributed by atoms with Gasteiger partial charge in [-0.3, -0.25) is 9.78 Å². The van der Waals surface area contributed by atoms with E-state index in [0.717, 1.165) is 71.9 Å². The van der Waals surface area contributed by atoms with E-state index in [0.29, 0.717) is 5.92 Å². The van der Waals surface area contributed by atoms with E-state index in [1.54, 1.807) is 25.1 Å². The van der Waals surface area contributed by atoms with Gasteiger partial charge in [-0.25, -0.2) is 4.98 Å². The molecule has 0 aliphatic carbocycles. The number of fused-ring (bicyclic) bond motifs is 1. The number of carbonyl (C=O) groups is 1. The van der Waals surface area contributed by atoms with Crippen molar-refractivity contribution in [2.75, 3.05) is 32.5 Å². The first kappa shape index (κ1) is 25.4. The molecule has 8 heteroatoms. The summed E-state index contributed by atoms with van der Waals surface area (Å²) in [6.07, 6.45) is 6.56. The lowest BCUT2D eigenvalue weighted by atomic mass is 9.79. The van der Waals surface area contributed by atoms with Gasteiger partial charge >= 0.3 is 5.97 Å². The Morgan fingerprint density at radius 3 is 2.89 bits per heavy atom. The van der Waals surface area contributed by atoms with Crippen LogP contribution in [0.25, 0.3) is 10.9 Å². The first-order valence-corrected chi connectivity index (χ1v) is 13.2. The van der Waals surface area contributed by atoms with Crippen LogP contribution < -0.4 is 10.5 Å². The number of thioether (sulfide) groups is 1. The number of piperidine rings is 1. The number of likely N-dealkylation sites (tertiary alicyclic amines) is 1. The monoisotopic (exact) mass is 494 g/mol. The summed E-state index contributed by atoms with van der Waals surface area (Å²) in [7, 11) is 1.66. The van der Waals surface area contributed by atoms with Crippen LogP contribution in [0.4, 0.5) is 0 Å². The molecule has 3 aromatic rings. The third-order valence-corrected chi connectivity index (χ3v) is 7.86. The van der Waals surface area contributed by atoms with Crippen molar-refractivity contribution in [3.63, 3.8) is 0 Å². The first-order chi connectivity index (χ1) is 17.0. The lowest BCUT2D eigenvalue weighted by Gasteiger charge is -2.38. The third kappa shape index (κ3) is 6.93. The number of hydrogen-bond donors (Lipinski definition) is 2. The molecule has 0 unspecified atom stereocenters. The van der Waals surface area contributed by atoms with E-state index in [1.807, 2.05) is 48.7 Å². The Labute approximate surface area is 211 Å². The van der Waals surface area contributed by atoms with Gasteiger partial charge in [-0.15, -0.1) is 11.8 Å². The quantitative estimate of drug-likeness (QED) is 0.372. The molecule has 0 spiro atoms. The number of aromatic nitrogens is 2. The molecule has 2 aromatic heterocycles. The van der Waals surface area contributed by atoms with E-state index in [4.69, 9.17) is 10.5 Å². The Morgan fingerprint density at radius 2 is 2.11 bits per heavy atom. The molecule has 35 heavy (non-hydrogen) atoms. The predicted molar refractivity (Wildman–Crippen MR) is 140 cm³/mol. The van der Waals surface area contributed by atoms with Crippen LogP contribution in [0.2, 0.25) is 0 Å². The highest BCUT2D eigenvalue weighted by Gasteiger charge is 2.31. The second kappa shape index (κ2) is 12.3. The fraction of sp³-hybridized carbons (Fsp3) is 0.444. The van der Waals surface area contributed by atoms with Crippen molar-refractivity contribution in [1.82, 2.24) is 14.9 Å². The summed E-state index contributed by atoms with van der Waals surface area (Å²) in [6, 6.07) is 13.7. The molecule has 1 aliphatic heterocycles. The summed E-state index contributed by atoms with van der Waals surface area (Å²) in [6.45, 7) is 2.76. The fourth-order valence-corrected chi connectivity index (χ4v) is 5.92. The molecule has 3 N–H and O–H groups in total. The summed E-state index contributed by atoms with van der Waals surface area (Å²) >= 11 is 1.75. The van der Waals surface area contributed by atoms with Crippen molar-refractivity contribution in [2.45, 2.75) is 36.8 Å². The van der Waals surface area contributed by atoms with Crippen LogP contribution in [0, 0.1) is 11.8 Å². The van der Waals surface area contributed by atoms with Crippen LogP contribution in [0.1, 0.15) is 37.3 Å². The molecule has 0 radical (unpaired) electrons. The molecule has 186 valence electrons. The lowest BCUT2D eigenvalue weighted by molar-refractivity contribution is -0.139. The highest BCUT2D eigenvalue weighted by molar-refractivity contribution is 7.99. The van der Waals surface area contributed by atoms with Crippen LogP contribution in [0.3, 0.4) is 0 Å². The van der Waals surface area contributed by atoms with E-state index in [9.17, 15) is 9.90 Å². The number of benzene rings is 1. The number of nitrogens with zero attached hydrogens (tertiary/aromatic N) is 3. The van der Waals surface area contributed by atoms with E-state index in [-0.39, 0.29) is 18.4 Å². The molecule has 7 nitrogen and oxygen atoms in total. The minimum atomic E-state index is -0.721. The number of ether oxygens (including phenoxy) is 1. The van der Waals surface area contributed by atoms with Crippen LogP contribution in [0.5, 0.6) is 5.75 Å². The summed E-state index contributed by atoms with van der Waals surface area (Å²) in [5.41, 5.74) is 8.63. The van der Waals surface area contributed by atoms with Crippen LogP contribution in [-0.2, 0) is 4.79 Å². The largest absolute Gasteiger partial charge is 0.497 e. The van der Waals surface area contributed by atoms with E-state index >= 15 is 0 Å². The zero-order valence-corrected chi connectivity index (χ0v) is 21.0. The van der Waals surface area contributed by atoms with Gasteiger partial charge in [0.2, 0.25) is 0 Å². The van der Waals surface area contributed by atoms with Crippen LogP contribution >= 0.6 is 11.8 Å². The molecule has 4 rings (SSSR count). The van der Waals surface area contributed by atoms with Gasteiger partial charge < -0.3 is 20.5 Å². The number of aliphatic carboxylic acids is 1. The van der Waals surface area contributed by atoms with Gasteiger partial charge in [-0.1, -0.05) is 6.07 Å². The molecular formula is C27H34N4O3S. The van der Waals surface area contributed by atoms with Gasteiger partial charge in [-0.05, 0) is 79.6 Å². The molecule has 0 bridgehead atoms. The minimum absolute atomic E-state index is 0.133. The molecule has 1 aromatic carbocycles. The molecule has 1 aliphatic rings. The summed E-state index contributed by atoms with van der Waals surface area (Å²) in [5.74, 6) is 1.52. The van der Waals surface area contributed by atoms with Gasteiger partial charge in [0.25, 0.3) is 0 Å². The Hall–Kier alpha value is -2.68. The molecule has 1 saturated heterocycles. The standard InChI is InChI=1S/C27H34N4O3S/c1-34-21-6-8-25-23(17-21)22(9-12-29-25)24(28)7-5-19-10-13-31(18-20(19)16-27(32)33)14-15-35-26-4-2-3-11-30-26/h2-4,6,8-9,11-12,17,19-20,24H,5,7,10,13-16,18,28H2,1H3,(H,32,33)/t19-,20+,24-/m1/s1. The van der Waals surface area contributed by atoms with Crippen molar-refractivity contribution in [2.24, 2.45) is 17.6 Å². The van der Waals surface area contributed by atoms with Crippen molar-refractivity contribution in [3.8, 4) is 5.75 Å². The average Bonchev–Trinajstić information content (AvgIpc) is 2.87. The summed E-state index contributed by atoms with van der Waals surface area (Å²) in [5, 5.41) is 11.6. The van der Waals surface area contributed by atoms with Crippen LogP contribution in [-0.4, -0.2) is 58.4 Å². The van der Waals surface area contributed by atoms with E-state index in [1.165, 1.54) is 0 Å². The van der Waals surface area contributed by atoms with Gasteiger partial charge in [0, 0.05) is 49.1 Å². The predicted octanol–water partition coefficient (Wildman–Crippen LogP) is 4.62. The molecule has 3 atom stereocenters.